The number of carbonyl (C=O) groups excluding carboxylic acids is 1. The summed E-state index contributed by atoms with van der Waals surface area (Å²) in [7, 11) is 0. The van der Waals surface area contributed by atoms with E-state index in [0.717, 1.165) is 23.5 Å². The van der Waals surface area contributed by atoms with Crippen LogP contribution < -0.4 is 10.6 Å². The van der Waals surface area contributed by atoms with Gasteiger partial charge >= 0.3 is 0 Å². The molecule has 106 valence electrons. The minimum Gasteiger partial charge on any atom is -0.385 e. The Morgan fingerprint density at radius 3 is 3.00 bits per heavy atom. The van der Waals surface area contributed by atoms with Gasteiger partial charge in [-0.15, -0.1) is 11.3 Å². The Morgan fingerprint density at radius 2 is 2.30 bits per heavy atom. The summed E-state index contributed by atoms with van der Waals surface area (Å²) in [5.74, 6) is -0.147. The van der Waals surface area contributed by atoms with Gasteiger partial charge < -0.3 is 10.6 Å². The fraction of sp³-hybridized carbons (Fsp3) is 0.333. The molecule has 0 aliphatic rings. The number of amides is 1. The van der Waals surface area contributed by atoms with Gasteiger partial charge in [0.05, 0.1) is 6.04 Å². The number of carbonyl (C=O) groups is 1. The number of thiophene rings is 1. The molecule has 2 aromatic heterocycles. The number of hydrogen-bond acceptors (Lipinski definition) is 4. The van der Waals surface area contributed by atoms with E-state index >= 15 is 0 Å². The predicted octanol–water partition coefficient (Wildman–Crippen LogP) is 3.46. The number of rotatable bonds is 6. The first-order valence-electron chi connectivity index (χ1n) is 6.75. The maximum Gasteiger partial charge on any atom is 0.270 e. The second-order valence-electron chi connectivity index (χ2n) is 4.57. The molecule has 2 rings (SSSR count). The standard InChI is InChI=1S/C15H19N3OS/c1-3-7-16-12-6-8-17-13(10-12)15(19)18-11(2)14-5-4-9-20-14/h4-6,8-11H,3,7H2,1-2H3,(H,16,17)(H,18,19). The molecular weight excluding hydrogens is 270 g/mol. The molecule has 0 aliphatic heterocycles. The highest BCUT2D eigenvalue weighted by Crippen LogP contribution is 2.18. The van der Waals surface area contributed by atoms with Crippen LogP contribution in [0.3, 0.4) is 0 Å². The lowest BCUT2D eigenvalue weighted by Crippen LogP contribution is -2.27. The first-order valence-corrected chi connectivity index (χ1v) is 7.63. The van der Waals surface area contributed by atoms with Gasteiger partial charge in [-0.2, -0.15) is 0 Å². The van der Waals surface area contributed by atoms with Crippen LogP contribution in [0.4, 0.5) is 5.69 Å². The quantitative estimate of drug-likeness (QED) is 0.856. The molecule has 0 fully saturated rings. The minimum absolute atomic E-state index is 0.00319. The van der Waals surface area contributed by atoms with Gasteiger partial charge in [-0.3, -0.25) is 9.78 Å². The normalized spacial score (nSPS) is 11.9. The van der Waals surface area contributed by atoms with E-state index in [9.17, 15) is 4.79 Å². The van der Waals surface area contributed by atoms with Crippen molar-refractivity contribution in [2.45, 2.75) is 26.3 Å². The molecule has 2 N–H and O–H groups in total. The van der Waals surface area contributed by atoms with Crippen molar-refractivity contribution >= 4 is 22.9 Å². The highest BCUT2D eigenvalue weighted by Gasteiger charge is 2.13. The van der Waals surface area contributed by atoms with Crippen LogP contribution in [0.25, 0.3) is 0 Å². The lowest BCUT2D eigenvalue weighted by molar-refractivity contribution is 0.0935. The van der Waals surface area contributed by atoms with Gasteiger partial charge in [0.25, 0.3) is 5.91 Å². The van der Waals surface area contributed by atoms with E-state index < -0.39 is 0 Å². The first-order chi connectivity index (χ1) is 9.70. The molecule has 1 unspecified atom stereocenters. The Bertz CT molecular complexity index is 554. The van der Waals surface area contributed by atoms with Crippen LogP contribution in [0.2, 0.25) is 0 Å². The SMILES string of the molecule is CCCNc1ccnc(C(=O)NC(C)c2cccs2)c1. The Morgan fingerprint density at radius 1 is 1.45 bits per heavy atom. The zero-order chi connectivity index (χ0) is 14.4. The van der Waals surface area contributed by atoms with E-state index in [1.54, 1.807) is 23.6 Å². The smallest absolute Gasteiger partial charge is 0.270 e. The predicted molar refractivity (Wildman–Crippen MR) is 83.2 cm³/mol. The van der Waals surface area contributed by atoms with Gasteiger partial charge in [0.2, 0.25) is 0 Å². The fourth-order valence-corrected chi connectivity index (χ4v) is 2.55. The molecule has 0 bridgehead atoms. The van der Waals surface area contributed by atoms with Crippen molar-refractivity contribution in [1.82, 2.24) is 10.3 Å². The molecule has 2 heterocycles. The maximum absolute atomic E-state index is 12.2. The topological polar surface area (TPSA) is 54.0 Å². The maximum atomic E-state index is 12.2. The van der Waals surface area contributed by atoms with Crippen LogP contribution in [-0.2, 0) is 0 Å². The third-order valence-electron chi connectivity index (χ3n) is 2.89. The van der Waals surface area contributed by atoms with Crippen LogP contribution in [0.5, 0.6) is 0 Å². The average Bonchev–Trinajstić information content (AvgIpc) is 2.99. The summed E-state index contributed by atoms with van der Waals surface area (Å²) in [4.78, 5) is 17.5. The second kappa shape index (κ2) is 7.05. The molecule has 0 spiro atoms. The van der Waals surface area contributed by atoms with Gasteiger partial charge in [-0.25, -0.2) is 0 Å². The number of nitrogens with one attached hydrogen (secondary N) is 2. The number of pyridine rings is 1. The van der Waals surface area contributed by atoms with Gasteiger partial charge in [-0.05, 0) is 36.9 Å². The largest absolute Gasteiger partial charge is 0.385 e. The van der Waals surface area contributed by atoms with Crippen LogP contribution in [-0.4, -0.2) is 17.4 Å². The average molecular weight is 289 g/mol. The molecule has 0 saturated carbocycles. The molecule has 0 aromatic carbocycles. The Labute approximate surface area is 123 Å². The second-order valence-corrected chi connectivity index (χ2v) is 5.55. The molecule has 1 atom stereocenters. The third-order valence-corrected chi connectivity index (χ3v) is 3.94. The van der Waals surface area contributed by atoms with E-state index in [2.05, 4.69) is 22.5 Å². The zero-order valence-corrected chi connectivity index (χ0v) is 12.5. The summed E-state index contributed by atoms with van der Waals surface area (Å²) in [6.07, 6.45) is 2.70. The van der Waals surface area contributed by atoms with Gasteiger partial charge in [0.15, 0.2) is 0 Å². The summed E-state index contributed by atoms with van der Waals surface area (Å²) in [6, 6.07) is 7.65. The van der Waals surface area contributed by atoms with E-state index in [1.807, 2.05) is 30.5 Å². The molecule has 0 radical (unpaired) electrons. The number of hydrogen-bond donors (Lipinski definition) is 2. The monoisotopic (exact) mass is 289 g/mol. The molecule has 20 heavy (non-hydrogen) atoms. The summed E-state index contributed by atoms with van der Waals surface area (Å²) >= 11 is 1.63. The van der Waals surface area contributed by atoms with Crippen LogP contribution in [0.1, 0.15) is 41.7 Å². The third kappa shape index (κ3) is 3.81. The number of aromatic nitrogens is 1. The molecule has 0 saturated heterocycles. The van der Waals surface area contributed by atoms with Crippen molar-refractivity contribution in [3.8, 4) is 0 Å². The lowest BCUT2D eigenvalue weighted by atomic mass is 10.2. The van der Waals surface area contributed by atoms with Crippen molar-refractivity contribution in [2.75, 3.05) is 11.9 Å². The summed E-state index contributed by atoms with van der Waals surface area (Å²) in [5.41, 5.74) is 1.37. The van der Waals surface area contributed by atoms with Gasteiger partial charge in [-0.1, -0.05) is 13.0 Å². The van der Waals surface area contributed by atoms with Crippen LogP contribution >= 0.6 is 11.3 Å². The van der Waals surface area contributed by atoms with Gasteiger partial charge in [0.1, 0.15) is 5.69 Å². The van der Waals surface area contributed by atoms with E-state index in [-0.39, 0.29) is 11.9 Å². The minimum atomic E-state index is -0.147. The van der Waals surface area contributed by atoms with E-state index in [4.69, 9.17) is 0 Å². The molecule has 1 amide bonds. The van der Waals surface area contributed by atoms with Crippen molar-refractivity contribution in [2.24, 2.45) is 0 Å². The summed E-state index contributed by atoms with van der Waals surface area (Å²) in [5, 5.41) is 8.22. The first kappa shape index (κ1) is 14.5. The molecule has 5 heteroatoms. The highest BCUT2D eigenvalue weighted by molar-refractivity contribution is 7.10. The Hall–Kier alpha value is -1.88. The Kier molecular flexibility index (Phi) is 5.12. The molecule has 2 aromatic rings. The van der Waals surface area contributed by atoms with Crippen LogP contribution in [0, 0.1) is 0 Å². The number of anilines is 1. The summed E-state index contributed by atoms with van der Waals surface area (Å²) in [6.45, 7) is 4.96. The van der Waals surface area contributed by atoms with E-state index in [1.165, 1.54) is 0 Å². The Balaban J connectivity index is 2.01. The molecule has 0 aliphatic carbocycles. The fourth-order valence-electron chi connectivity index (χ4n) is 1.81. The zero-order valence-electron chi connectivity index (χ0n) is 11.7. The van der Waals surface area contributed by atoms with Crippen molar-refractivity contribution in [3.05, 3.63) is 46.4 Å². The lowest BCUT2D eigenvalue weighted by Gasteiger charge is -2.12. The van der Waals surface area contributed by atoms with E-state index in [0.29, 0.717) is 5.69 Å². The number of nitrogens with zero attached hydrogens (tertiary/aromatic N) is 1. The van der Waals surface area contributed by atoms with Crippen molar-refractivity contribution in [3.63, 3.8) is 0 Å². The van der Waals surface area contributed by atoms with Gasteiger partial charge in [0, 0.05) is 23.3 Å². The molecule has 4 nitrogen and oxygen atoms in total. The highest BCUT2D eigenvalue weighted by atomic mass is 32.1. The molecular formula is C15H19N3OS. The summed E-state index contributed by atoms with van der Waals surface area (Å²) < 4.78 is 0. The van der Waals surface area contributed by atoms with Crippen LogP contribution in [0.15, 0.2) is 35.8 Å². The van der Waals surface area contributed by atoms with Crippen molar-refractivity contribution < 1.29 is 4.79 Å². The van der Waals surface area contributed by atoms with Crippen molar-refractivity contribution in [1.29, 1.82) is 0 Å².